The van der Waals surface area contributed by atoms with E-state index < -0.39 is 0 Å². The first-order valence-corrected chi connectivity index (χ1v) is 6.43. The lowest BCUT2D eigenvalue weighted by Crippen LogP contribution is -2.18. The van der Waals surface area contributed by atoms with Crippen molar-refractivity contribution in [3.8, 4) is 0 Å². The maximum Gasteiger partial charge on any atom is 0.253 e. The first kappa shape index (κ1) is 11.4. The largest absolute Gasteiger partial charge is 0.253 e. The summed E-state index contributed by atoms with van der Waals surface area (Å²) in [6, 6.07) is 2.08. The lowest BCUT2D eigenvalue weighted by atomic mass is 9.91. The van der Waals surface area contributed by atoms with Crippen LogP contribution in [0.5, 0.6) is 0 Å². The highest BCUT2D eigenvalue weighted by Gasteiger charge is 2.20. The molecule has 0 aliphatic rings. The monoisotopic (exact) mass is 236 g/mol. The van der Waals surface area contributed by atoms with Gasteiger partial charge in [-0.3, -0.25) is 0 Å². The van der Waals surface area contributed by atoms with E-state index in [9.17, 15) is 0 Å². The van der Waals surface area contributed by atoms with Crippen LogP contribution in [0.3, 0.4) is 0 Å². The molecule has 0 fully saturated rings. The molecule has 0 saturated heterocycles. The van der Waals surface area contributed by atoms with E-state index in [1.54, 1.807) is 0 Å². The molecule has 86 valence electrons. The number of hydrogen-bond acceptors (Lipinski definition) is 4. The van der Waals surface area contributed by atoms with E-state index in [2.05, 4.69) is 41.9 Å². The molecule has 0 saturated carbocycles. The fourth-order valence-electron chi connectivity index (χ4n) is 1.59. The van der Waals surface area contributed by atoms with E-state index in [-0.39, 0.29) is 5.41 Å². The number of rotatable bonds is 1. The molecule has 0 amide bonds. The number of nitrogens with zero attached hydrogens (tertiary/aromatic N) is 4. The smallest absolute Gasteiger partial charge is 0.216 e. The van der Waals surface area contributed by atoms with Crippen LogP contribution in [0.25, 0.3) is 5.78 Å². The summed E-state index contributed by atoms with van der Waals surface area (Å²) < 4.78 is 1.85. The van der Waals surface area contributed by atoms with Gasteiger partial charge in [0.15, 0.2) is 0 Å². The van der Waals surface area contributed by atoms with Crippen molar-refractivity contribution in [1.29, 1.82) is 0 Å². The maximum atomic E-state index is 4.44. The molecule has 0 radical (unpaired) electrons. The zero-order valence-corrected chi connectivity index (χ0v) is 11.1. The minimum atomic E-state index is 0.0370. The molecule has 0 atom stereocenters. The van der Waals surface area contributed by atoms with E-state index in [1.165, 1.54) is 11.8 Å². The molecule has 0 spiro atoms. The zero-order valence-electron chi connectivity index (χ0n) is 10.3. The van der Waals surface area contributed by atoms with E-state index in [0.717, 1.165) is 16.5 Å². The third-order valence-corrected chi connectivity index (χ3v) is 2.91. The highest BCUT2D eigenvalue weighted by molar-refractivity contribution is 7.98. The van der Waals surface area contributed by atoms with Crippen molar-refractivity contribution in [2.75, 3.05) is 6.26 Å². The zero-order chi connectivity index (χ0) is 11.9. The van der Waals surface area contributed by atoms with Crippen molar-refractivity contribution in [2.24, 2.45) is 0 Å². The first-order valence-electron chi connectivity index (χ1n) is 5.20. The van der Waals surface area contributed by atoms with Crippen LogP contribution < -0.4 is 0 Å². The number of hydrogen-bond donors (Lipinski definition) is 0. The SMILES string of the molecule is CSc1nc2nc(C)cc(C(C)(C)C)n2n1. The molecule has 0 unspecified atom stereocenters. The normalized spacial score (nSPS) is 12.3. The van der Waals surface area contributed by atoms with Gasteiger partial charge in [-0.05, 0) is 19.2 Å². The van der Waals surface area contributed by atoms with Gasteiger partial charge in [-0.15, -0.1) is 5.10 Å². The number of fused-ring (bicyclic) bond motifs is 1. The van der Waals surface area contributed by atoms with Gasteiger partial charge >= 0.3 is 0 Å². The van der Waals surface area contributed by atoms with E-state index in [1.807, 2.05) is 17.7 Å². The van der Waals surface area contributed by atoms with E-state index in [4.69, 9.17) is 0 Å². The molecule has 2 aromatic rings. The quantitative estimate of drug-likeness (QED) is 0.713. The van der Waals surface area contributed by atoms with Crippen molar-refractivity contribution in [3.05, 3.63) is 17.5 Å². The summed E-state index contributed by atoms with van der Waals surface area (Å²) in [5.41, 5.74) is 2.16. The lowest BCUT2D eigenvalue weighted by molar-refractivity contribution is 0.543. The van der Waals surface area contributed by atoms with E-state index in [0.29, 0.717) is 5.78 Å². The van der Waals surface area contributed by atoms with Crippen LogP contribution >= 0.6 is 11.8 Å². The Kier molecular flexibility index (Phi) is 2.66. The Labute approximate surface area is 99.5 Å². The van der Waals surface area contributed by atoms with Gasteiger partial charge in [0.05, 0.1) is 5.69 Å². The molecule has 5 heteroatoms. The summed E-state index contributed by atoms with van der Waals surface area (Å²) in [7, 11) is 0. The van der Waals surface area contributed by atoms with Gasteiger partial charge < -0.3 is 0 Å². The molecule has 16 heavy (non-hydrogen) atoms. The Hall–Kier alpha value is -1.10. The Bertz CT molecular complexity index is 524. The Morgan fingerprint density at radius 2 is 1.94 bits per heavy atom. The van der Waals surface area contributed by atoms with Gasteiger partial charge in [0.25, 0.3) is 5.78 Å². The molecule has 2 heterocycles. The van der Waals surface area contributed by atoms with Gasteiger partial charge in [-0.1, -0.05) is 32.5 Å². The van der Waals surface area contributed by atoms with Crippen molar-refractivity contribution in [3.63, 3.8) is 0 Å². The van der Waals surface area contributed by atoms with Crippen molar-refractivity contribution in [1.82, 2.24) is 19.6 Å². The summed E-state index contributed by atoms with van der Waals surface area (Å²) in [6.07, 6.45) is 1.97. The van der Waals surface area contributed by atoms with E-state index >= 15 is 0 Å². The lowest BCUT2D eigenvalue weighted by Gasteiger charge is -2.19. The molecule has 0 bridgehead atoms. The van der Waals surface area contributed by atoms with Gasteiger partial charge in [0.2, 0.25) is 5.16 Å². The van der Waals surface area contributed by atoms with Crippen LogP contribution in [0.1, 0.15) is 32.2 Å². The molecule has 2 rings (SSSR count). The topological polar surface area (TPSA) is 43.1 Å². The fraction of sp³-hybridized carbons (Fsp3) is 0.545. The third-order valence-electron chi connectivity index (χ3n) is 2.37. The van der Waals surface area contributed by atoms with Crippen LogP contribution in [0.15, 0.2) is 11.2 Å². The molecular weight excluding hydrogens is 220 g/mol. The second-order valence-corrected chi connectivity index (χ2v) is 5.62. The van der Waals surface area contributed by atoms with Crippen LogP contribution in [0, 0.1) is 6.92 Å². The standard InChI is InChI=1S/C11H16N4S/c1-7-6-8(11(2,3)4)15-9(12-7)13-10(14-15)16-5/h6H,1-5H3. The van der Waals surface area contributed by atoms with Crippen LogP contribution in [-0.2, 0) is 5.41 Å². The van der Waals surface area contributed by atoms with Gasteiger partial charge in [-0.2, -0.15) is 9.50 Å². The van der Waals surface area contributed by atoms with Crippen molar-refractivity contribution in [2.45, 2.75) is 38.3 Å². The predicted molar refractivity (Wildman–Crippen MR) is 66.0 cm³/mol. The second-order valence-electron chi connectivity index (χ2n) is 4.84. The highest BCUT2D eigenvalue weighted by Crippen LogP contribution is 2.23. The van der Waals surface area contributed by atoms with Gasteiger partial charge in [-0.25, -0.2) is 4.98 Å². The highest BCUT2D eigenvalue weighted by atomic mass is 32.2. The number of aryl methyl sites for hydroxylation is 1. The summed E-state index contributed by atoms with van der Waals surface area (Å²) in [4.78, 5) is 8.76. The average Bonchev–Trinajstić information content (AvgIpc) is 2.57. The number of thioether (sulfide) groups is 1. The Morgan fingerprint density at radius 1 is 1.25 bits per heavy atom. The average molecular weight is 236 g/mol. The Morgan fingerprint density at radius 3 is 2.50 bits per heavy atom. The predicted octanol–water partition coefficient (Wildman–Crippen LogP) is 2.45. The summed E-state index contributed by atoms with van der Waals surface area (Å²) >= 11 is 1.54. The summed E-state index contributed by atoms with van der Waals surface area (Å²) in [5, 5.41) is 5.21. The number of aromatic nitrogens is 4. The fourth-order valence-corrected chi connectivity index (χ4v) is 1.93. The summed E-state index contributed by atoms with van der Waals surface area (Å²) in [6.45, 7) is 8.49. The minimum absolute atomic E-state index is 0.0370. The first-order chi connectivity index (χ1) is 7.41. The molecular formula is C11H16N4S. The second kappa shape index (κ2) is 3.73. The van der Waals surface area contributed by atoms with Crippen LogP contribution in [-0.4, -0.2) is 25.8 Å². The molecule has 0 aliphatic carbocycles. The van der Waals surface area contributed by atoms with Crippen molar-refractivity contribution < 1.29 is 0 Å². The minimum Gasteiger partial charge on any atom is -0.216 e. The molecule has 0 aromatic carbocycles. The summed E-state index contributed by atoms with van der Waals surface area (Å²) in [5.74, 6) is 0.689. The van der Waals surface area contributed by atoms with Crippen LogP contribution in [0.2, 0.25) is 0 Å². The molecule has 4 nitrogen and oxygen atoms in total. The maximum absolute atomic E-state index is 4.44. The van der Waals surface area contributed by atoms with Gasteiger partial charge in [0.1, 0.15) is 0 Å². The third kappa shape index (κ3) is 1.91. The van der Waals surface area contributed by atoms with Crippen LogP contribution in [0.4, 0.5) is 0 Å². The molecule has 0 aliphatic heterocycles. The molecule has 2 aromatic heterocycles. The Balaban J connectivity index is 2.76. The van der Waals surface area contributed by atoms with Gasteiger partial charge in [0, 0.05) is 11.1 Å². The van der Waals surface area contributed by atoms with Crippen molar-refractivity contribution >= 4 is 17.5 Å². The molecule has 0 N–H and O–H groups in total.